The Morgan fingerprint density at radius 1 is 1.37 bits per heavy atom. The Kier molecular flexibility index (Phi) is 4.48. The molecule has 1 amide bonds. The molecule has 1 atom stereocenters. The second kappa shape index (κ2) is 5.93. The molecule has 0 heterocycles. The molecule has 0 unspecified atom stereocenters. The average molecular weight is 281 g/mol. The Morgan fingerprint density at radius 2 is 1.95 bits per heavy atom. The predicted molar refractivity (Wildman–Crippen MR) is 77.8 cm³/mol. The number of nitrogens with zero attached hydrogens (tertiary/aromatic N) is 1. The van der Waals surface area contributed by atoms with E-state index in [0.717, 1.165) is 18.4 Å². The van der Waals surface area contributed by atoms with E-state index in [0.29, 0.717) is 17.6 Å². The van der Waals surface area contributed by atoms with E-state index < -0.39 is 6.04 Å². The number of hydrogen-bond donors (Lipinski definition) is 1. The van der Waals surface area contributed by atoms with Crippen LogP contribution in [0, 0.1) is 5.92 Å². The number of rotatable bonds is 5. The van der Waals surface area contributed by atoms with Gasteiger partial charge in [-0.2, -0.15) is 0 Å². The van der Waals surface area contributed by atoms with Crippen molar-refractivity contribution in [1.29, 1.82) is 0 Å². The van der Waals surface area contributed by atoms with Crippen LogP contribution >= 0.6 is 11.6 Å². The van der Waals surface area contributed by atoms with Crippen molar-refractivity contribution in [2.45, 2.75) is 45.3 Å². The second-order valence-electron chi connectivity index (χ2n) is 5.59. The van der Waals surface area contributed by atoms with Crippen molar-refractivity contribution >= 4 is 17.5 Å². The lowest BCUT2D eigenvalue weighted by Crippen LogP contribution is -2.47. The standard InChI is InChI=1S/C15H21ClN2O/c1-10(2)14(17)15(19)18(13-7-8-13)9-11-3-5-12(16)6-4-11/h3-6,10,13-14H,7-9,17H2,1-2H3/t14-/m0/s1. The number of hydrogen-bond acceptors (Lipinski definition) is 2. The van der Waals surface area contributed by atoms with E-state index in [4.69, 9.17) is 17.3 Å². The maximum absolute atomic E-state index is 12.4. The first-order valence-electron chi connectivity index (χ1n) is 6.79. The third-order valence-electron chi connectivity index (χ3n) is 3.54. The first kappa shape index (κ1) is 14.4. The van der Waals surface area contributed by atoms with Crippen molar-refractivity contribution in [1.82, 2.24) is 4.90 Å². The fourth-order valence-corrected chi connectivity index (χ4v) is 2.16. The van der Waals surface area contributed by atoms with Crippen molar-refractivity contribution < 1.29 is 4.79 Å². The SMILES string of the molecule is CC(C)[C@H](N)C(=O)N(Cc1ccc(Cl)cc1)C1CC1. The van der Waals surface area contributed by atoms with Crippen molar-refractivity contribution in [3.05, 3.63) is 34.9 Å². The summed E-state index contributed by atoms with van der Waals surface area (Å²) in [5, 5.41) is 0.715. The molecule has 2 rings (SSSR count). The summed E-state index contributed by atoms with van der Waals surface area (Å²) in [5.74, 6) is 0.228. The summed E-state index contributed by atoms with van der Waals surface area (Å²) in [4.78, 5) is 14.3. The molecule has 0 aromatic heterocycles. The summed E-state index contributed by atoms with van der Waals surface area (Å²) in [6.07, 6.45) is 2.17. The molecule has 0 radical (unpaired) electrons. The quantitative estimate of drug-likeness (QED) is 0.901. The van der Waals surface area contributed by atoms with Gasteiger partial charge in [-0.3, -0.25) is 4.79 Å². The number of halogens is 1. The van der Waals surface area contributed by atoms with Crippen molar-refractivity contribution in [3.63, 3.8) is 0 Å². The van der Waals surface area contributed by atoms with E-state index in [1.807, 2.05) is 43.0 Å². The summed E-state index contributed by atoms with van der Waals surface area (Å²) < 4.78 is 0. The summed E-state index contributed by atoms with van der Waals surface area (Å²) in [5.41, 5.74) is 7.09. The minimum Gasteiger partial charge on any atom is -0.334 e. The summed E-state index contributed by atoms with van der Waals surface area (Å²) in [6.45, 7) is 4.59. The van der Waals surface area contributed by atoms with Crippen LogP contribution in [0.25, 0.3) is 0 Å². The number of carbonyl (C=O) groups is 1. The first-order valence-corrected chi connectivity index (χ1v) is 7.17. The van der Waals surface area contributed by atoms with Crippen LogP contribution in [-0.2, 0) is 11.3 Å². The van der Waals surface area contributed by atoms with Crippen LogP contribution in [0.1, 0.15) is 32.3 Å². The van der Waals surface area contributed by atoms with Gasteiger partial charge >= 0.3 is 0 Å². The lowest BCUT2D eigenvalue weighted by molar-refractivity contribution is -0.134. The molecular formula is C15H21ClN2O. The van der Waals surface area contributed by atoms with Crippen molar-refractivity contribution in [2.75, 3.05) is 0 Å². The van der Waals surface area contributed by atoms with Gasteiger partial charge in [0.1, 0.15) is 0 Å². The Hall–Kier alpha value is -1.06. The molecule has 1 saturated carbocycles. The summed E-state index contributed by atoms with van der Waals surface area (Å²) in [6, 6.07) is 7.60. The molecule has 2 N–H and O–H groups in total. The molecule has 0 saturated heterocycles. The van der Waals surface area contributed by atoms with Gasteiger partial charge in [-0.15, -0.1) is 0 Å². The van der Waals surface area contributed by atoms with Gasteiger partial charge in [0.2, 0.25) is 5.91 Å². The first-order chi connectivity index (χ1) is 8.99. The van der Waals surface area contributed by atoms with Crippen LogP contribution in [-0.4, -0.2) is 22.9 Å². The van der Waals surface area contributed by atoms with Crippen LogP contribution in [0.4, 0.5) is 0 Å². The minimum absolute atomic E-state index is 0.0625. The fraction of sp³-hybridized carbons (Fsp3) is 0.533. The maximum atomic E-state index is 12.4. The van der Waals surface area contributed by atoms with Crippen LogP contribution < -0.4 is 5.73 Å². The maximum Gasteiger partial charge on any atom is 0.240 e. The van der Waals surface area contributed by atoms with Crippen molar-refractivity contribution in [3.8, 4) is 0 Å². The molecule has 1 fully saturated rings. The summed E-state index contributed by atoms with van der Waals surface area (Å²) in [7, 11) is 0. The third-order valence-corrected chi connectivity index (χ3v) is 3.79. The molecular weight excluding hydrogens is 260 g/mol. The van der Waals surface area contributed by atoms with Gasteiger partial charge in [-0.25, -0.2) is 0 Å². The molecule has 19 heavy (non-hydrogen) atoms. The Bertz CT molecular complexity index is 440. The Labute approximate surface area is 119 Å². The van der Waals surface area contributed by atoms with Gasteiger partial charge < -0.3 is 10.6 Å². The van der Waals surface area contributed by atoms with E-state index in [1.54, 1.807) is 0 Å². The smallest absolute Gasteiger partial charge is 0.240 e. The average Bonchev–Trinajstić information content (AvgIpc) is 3.20. The molecule has 0 bridgehead atoms. The summed E-state index contributed by atoms with van der Waals surface area (Å²) >= 11 is 5.88. The van der Waals surface area contributed by atoms with E-state index >= 15 is 0 Å². The van der Waals surface area contributed by atoms with E-state index in [2.05, 4.69) is 0 Å². The van der Waals surface area contributed by atoms with Gasteiger partial charge in [0.15, 0.2) is 0 Å². The molecule has 0 spiro atoms. The normalized spacial score (nSPS) is 16.5. The largest absolute Gasteiger partial charge is 0.334 e. The minimum atomic E-state index is -0.409. The van der Waals surface area contributed by atoms with Crippen LogP contribution in [0.3, 0.4) is 0 Å². The molecule has 3 nitrogen and oxygen atoms in total. The van der Waals surface area contributed by atoms with Gasteiger partial charge in [0.25, 0.3) is 0 Å². The number of carbonyl (C=O) groups excluding carboxylic acids is 1. The number of amides is 1. The van der Waals surface area contributed by atoms with Crippen molar-refractivity contribution in [2.24, 2.45) is 11.7 Å². The molecule has 1 aliphatic rings. The van der Waals surface area contributed by atoms with Gasteiger partial charge in [0.05, 0.1) is 6.04 Å². The molecule has 1 aromatic rings. The highest BCUT2D eigenvalue weighted by molar-refractivity contribution is 6.30. The topological polar surface area (TPSA) is 46.3 Å². The highest BCUT2D eigenvalue weighted by atomic mass is 35.5. The van der Waals surface area contributed by atoms with Crippen LogP contribution in [0.15, 0.2) is 24.3 Å². The lowest BCUT2D eigenvalue weighted by Gasteiger charge is -2.27. The van der Waals surface area contributed by atoms with Crippen LogP contribution in [0.2, 0.25) is 5.02 Å². The monoisotopic (exact) mass is 280 g/mol. The number of nitrogens with two attached hydrogens (primary N) is 1. The fourth-order valence-electron chi connectivity index (χ4n) is 2.04. The zero-order valence-electron chi connectivity index (χ0n) is 11.5. The molecule has 4 heteroatoms. The van der Waals surface area contributed by atoms with Gasteiger partial charge in [-0.05, 0) is 36.5 Å². The molecule has 1 aliphatic carbocycles. The van der Waals surface area contributed by atoms with Gasteiger partial charge in [-0.1, -0.05) is 37.6 Å². The molecule has 0 aliphatic heterocycles. The zero-order chi connectivity index (χ0) is 14.0. The highest BCUT2D eigenvalue weighted by Gasteiger charge is 2.35. The second-order valence-corrected chi connectivity index (χ2v) is 6.03. The van der Waals surface area contributed by atoms with Crippen LogP contribution in [0.5, 0.6) is 0 Å². The lowest BCUT2D eigenvalue weighted by atomic mass is 10.0. The van der Waals surface area contributed by atoms with E-state index in [-0.39, 0.29) is 11.8 Å². The van der Waals surface area contributed by atoms with E-state index in [1.165, 1.54) is 0 Å². The number of benzene rings is 1. The highest BCUT2D eigenvalue weighted by Crippen LogP contribution is 2.29. The third kappa shape index (κ3) is 3.71. The van der Waals surface area contributed by atoms with Gasteiger partial charge in [0, 0.05) is 17.6 Å². The molecule has 1 aromatic carbocycles. The zero-order valence-corrected chi connectivity index (χ0v) is 12.2. The van der Waals surface area contributed by atoms with E-state index in [9.17, 15) is 4.79 Å². The molecule has 104 valence electrons. The Balaban J connectivity index is 2.08. The predicted octanol–water partition coefficient (Wildman–Crippen LogP) is 2.81. The Morgan fingerprint density at radius 3 is 2.42 bits per heavy atom.